The van der Waals surface area contributed by atoms with Crippen molar-refractivity contribution in [2.45, 2.75) is 31.0 Å². The van der Waals surface area contributed by atoms with Gasteiger partial charge in [-0.05, 0) is 24.6 Å². The van der Waals surface area contributed by atoms with Crippen molar-refractivity contribution < 1.29 is 9.21 Å². The molecule has 0 aliphatic carbocycles. The zero-order valence-electron chi connectivity index (χ0n) is 15.9. The van der Waals surface area contributed by atoms with Crippen molar-refractivity contribution in [1.82, 2.24) is 20.5 Å². The topological polar surface area (TPSA) is 80.9 Å². The Bertz CT molecular complexity index is 1060. The lowest BCUT2D eigenvalue weighted by molar-refractivity contribution is -0.119. The van der Waals surface area contributed by atoms with Gasteiger partial charge in [-0.25, -0.2) is 4.98 Å². The number of amides is 1. The molecule has 2 aromatic heterocycles. The molecule has 0 saturated heterocycles. The molecule has 1 N–H and O–H groups in total. The first-order valence-corrected chi connectivity index (χ1v) is 11.1. The summed E-state index contributed by atoms with van der Waals surface area (Å²) in [5.74, 6) is 0.724. The lowest BCUT2D eigenvalue weighted by Crippen LogP contribution is -2.28. The molecule has 6 nitrogen and oxygen atoms in total. The molecular weight excluding hydrogens is 404 g/mol. The Kier molecular flexibility index (Phi) is 6.21. The monoisotopic (exact) mass is 424 g/mol. The highest BCUT2D eigenvalue weighted by atomic mass is 32.2. The largest absolute Gasteiger partial charge is 0.416 e. The molecular formula is C21H20N4O2S2. The van der Waals surface area contributed by atoms with Crippen LogP contribution in [0, 0.1) is 0 Å². The van der Waals surface area contributed by atoms with E-state index in [9.17, 15) is 4.79 Å². The number of fused-ring (bicyclic) bond motifs is 1. The van der Waals surface area contributed by atoms with Gasteiger partial charge in [0.2, 0.25) is 11.8 Å². The molecule has 29 heavy (non-hydrogen) atoms. The lowest BCUT2D eigenvalue weighted by atomic mass is 10.1. The summed E-state index contributed by atoms with van der Waals surface area (Å²) in [4.78, 5) is 16.8. The van der Waals surface area contributed by atoms with Gasteiger partial charge in [0.1, 0.15) is 0 Å². The number of benzene rings is 2. The summed E-state index contributed by atoms with van der Waals surface area (Å²) in [6.45, 7) is 1.96. The Hall–Kier alpha value is -2.71. The van der Waals surface area contributed by atoms with Gasteiger partial charge in [0, 0.05) is 12.8 Å². The first-order valence-electron chi connectivity index (χ1n) is 9.31. The summed E-state index contributed by atoms with van der Waals surface area (Å²) < 4.78 is 6.84. The molecule has 2 heterocycles. The highest BCUT2D eigenvalue weighted by Crippen LogP contribution is 2.23. The third kappa shape index (κ3) is 5.21. The van der Waals surface area contributed by atoms with E-state index in [2.05, 4.69) is 26.6 Å². The molecule has 2 aromatic carbocycles. The molecule has 0 bridgehead atoms. The molecule has 1 amide bonds. The second-order valence-corrected chi connectivity index (χ2v) is 8.57. The number of nitrogens with zero attached hydrogens (tertiary/aromatic N) is 3. The number of aromatic nitrogens is 3. The fourth-order valence-electron chi connectivity index (χ4n) is 2.87. The number of carbonyl (C=O) groups excluding carboxylic acids is 1. The molecule has 0 fully saturated rings. The summed E-state index contributed by atoms with van der Waals surface area (Å²) in [6, 6.07) is 17.9. The van der Waals surface area contributed by atoms with E-state index < -0.39 is 0 Å². The summed E-state index contributed by atoms with van der Waals surface area (Å²) >= 11 is 2.93. The number of thioether (sulfide) groups is 1. The van der Waals surface area contributed by atoms with Crippen LogP contribution in [0.1, 0.15) is 29.4 Å². The maximum atomic E-state index is 12.2. The number of carbonyl (C=O) groups is 1. The highest BCUT2D eigenvalue weighted by molar-refractivity contribution is 7.99. The van der Waals surface area contributed by atoms with Crippen LogP contribution in [0.2, 0.25) is 0 Å². The van der Waals surface area contributed by atoms with Crippen molar-refractivity contribution in [1.29, 1.82) is 0 Å². The van der Waals surface area contributed by atoms with Crippen LogP contribution in [-0.2, 0) is 17.6 Å². The van der Waals surface area contributed by atoms with Gasteiger partial charge < -0.3 is 9.73 Å². The molecule has 0 aliphatic heterocycles. The number of hydrogen-bond donors (Lipinski definition) is 1. The van der Waals surface area contributed by atoms with Gasteiger partial charge in [-0.15, -0.1) is 21.5 Å². The van der Waals surface area contributed by atoms with Gasteiger partial charge in [0.05, 0.1) is 27.0 Å². The molecule has 0 radical (unpaired) electrons. The number of thiazole rings is 1. The lowest BCUT2D eigenvalue weighted by Gasteiger charge is -2.13. The smallest absolute Gasteiger partial charge is 0.277 e. The standard InChI is InChI=1S/C21H20N4O2S2/c1-14(15-7-3-2-4-8-15)22-18(26)13-28-21-25-24-19(27-21)11-12-20-23-16-9-5-6-10-17(16)29-20/h2-10,14H,11-13H2,1H3,(H,22,26). The van der Waals surface area contributed by atoms with E-state index in [4.69, 9.17) is 4.42 Å². The minimum Gasteiger partial charge on any atom is -0.416 e. The Balaban J connectivity index is 1.25. The zero-order chi connectivity index (χ0) is 20.1. The fourth-order valence-corrected chi connectivity index (χ4v) is 4.43. The quantitative estimate of drug-likeness (QED) is 0.421. The van der Waals surface area contributed by atoms with Gasteiger partial charge >= 0.3 is 0 Å². The van der Waals surface area contributed by atoms with E-state index in [1.165, 1.54) is 16.5 Å². The first kappa shape index (κ1) is 19.6. The maximum absolute atomic E-state index is 12.2. The molecule has 4 rings (SSSR count). The normalized spacial score (nSPS) is 12.2. The summed E-state index contributed by atoms with van der Waals surface area (Å²) in [6.07, 6.45) is 1.38. The second kappa shape index (κ2) is 9.19. The van der Waals surface area contributed by atoms with Crippen LogP contribution in [0.5, 0.6) is 0 Å². The molecule has 1 unspecified atom stereocenters. The van der Waals surface area contributed by atoms with Crippen LogP contribution in [0.15, 0.2) is 64.2 Å². The minimum atomic E-state index is -0.0689. The Labute approximate surface area is 176 Å². The van der Waals surface area contributed by atoms with E-state index in [1.54, 1.807) is 11.3 Å². The van der Waals surface area contributed by atoms with Crippen LogP contribution in [0.25, 0.3) is 10.2 Å². The average molecular weight is 425 g/mol. The van der Waals surface area contributed by atoms with E-state index in [0.29, 0.717) is 17.5 Å². The van der Waals surface area contributed by atoms with Gasteiger partial charge in [0.15, 0.2) is 0 Å². The third-order valence-electron chi connectivity index (χ3n) is 4.34. The van der Waals surface area contributed by atoms with Crippen LogP contribution in [0.3, 0.4) is 0 Å². The summed E-state index contributed by atoms with van der Waals surface area (Å²) in [7, 11) is 0. The van der Waals surface area contributed by atoms with Crippen LogP contribution in [-0.4, -0.2) is 26.8 Å². The van der Waals surface area contributed by atoms with E-state index in [0.717, 1.165) is 22.5 Å². The van der Waals surface area contributed by atoms with Crippen molar-refractivity contribution in [2.24, 2.45) is 0 Å². The molecule has 0 saturated carbocycles. The Morgan fingerprint density at radius 3 is 2.72 bits per heavy atom. The zero-order valence-corrected chi connectivity index (χ0v) is 17.5. The second-order valence-electron chi connectivity index (χ2n) is 6.53. The predicted molar refractivity (Wildman–Crippen MR) is 115 cm³/mol. The van der Waals surface area contributed by atoms with Crippen molar-refractivity contribution >= 4 is 39.2 Å². The Morgan fingerprint density at radius 2 is 1.90 bits per heavy atom. The Morgan fingerprint density at radius 1 is 1.10 bits per heavy atom. The van der Waals surface area contributed by atoms with Gasteiger partial charge in [0.25, 0.3) is 5.22 Å². The van der Waals surface area contributed by atoms with Gasteiger partial charge in [-0.3, -0.25) is 4.79 Å². The van der Waals surface area contributed by atoms with E-state index in [1.807, 2.05) is 55.5 Å². The van der Waals surface area contributed by atoms with Crippen LogP contribution >= 0.6 is 23.1 Å². The molecule has 0 spiro atoms. The minimum absolute atomic E-state index is 0.0450. The molecule has 4 aromatic rings. The molecule has 148 valence electrons. The predicted octanol–water partition coefficient (Wildman–Crippen LogP) is 4.43. The molecule has 0 aliphatic rings. The molecule has 1 atom stereocenters. The van der Waals surface area contributed by atoms with Crippen LogP contribution < -0.4 is 5.32 Å². The average Bonchev–Trinajstić information content (AvgIpc) is 3.37. The summed E-state index contributed by atoms with van der Waals surface area (Å²) in [5, 5.41) is 12.5. The van der Waals surface area contributed by atoms with Gasteiger partial charge in [-0.1, -0.05) is 54.2 Å². The van der Waals surface area contributed by atoms with Crippen molar-refractivity contribution in [3.8, 4) is 0 Å². The SMILES string of the molecule is CC(NC(=O)CSc1nnc(CCc2nc3ccccc3s2)o1)c1ccccc1. The number of hydrogen-bond acceptors (Lipinski definition) is 7. The third-order valence-corrected chi connectivity index (χ3v) is 6.26. The fraction of sp³-hybridized carbons (Fsp3) is 0.238. The van der Waals surface area contributed by atoms with E-state index in [-0.39, 0.29) is 17.7 Å². The van der Waals surface area contributed by atoms with Crippen molar-refractivity contribution in [3.05, 3.63) is 71.1 Å². The number of aryl methyl sites for hydroxylation is 2. The number of nitrogens with one attached hydrogen (secondary N) is 1. The van der Waals surface area contributed by atoms with Crippen molar-refractivity contribution in [3.63, 3.8) is 0 Å². The van der Waals surface area contributed by atoms with Gasteiger partial charge in [-0.2, -0.15) is 0 Å². The van der Waals surface area contributed by atoms with E-state index >= 15 is 0 Å². The van der Waals surface area contributed by atoms with Crippen molar-refractivity contribution in [2.75, 3.05) is 5.75 Å². The first-order chi connectivity index (χ1) is 14.2. The maximum Gasteiger partial charge on any atom is 0.277 e. The number of para-hydroxylation sites is 1. The number of rotatable bonds is 8. The summed E-state index contributed by atoms with van der Waals surface area (Å²) in [5.41, 5.74) is 2.09. The van der Waals surface area contributed by atoms with Crippen LogP contribution in [0.4, 0.5) is 0 Å². The highest BCUT2D eigenvalue weighted by Gasteiger charge is 2.13. The molecule has 8 heteroatoms.